The molecule has 0 radical (unpaired) electrons. The number of thiophene rings is 1. The summed E-state index contributed by atoms with van der Waals surface area (Å²) in [7, 11) is 0. The molecule has 0 bridgehead atoms. The van der Waals surface area contributed by atoms with Crippen molar-refractivity contribution in [1.82, 2.24) is 15.5 Å². The highest BCUT2D eigenvalue weighted by atomic mass is 32.1. The van der Waals surface area contributed by atoms with Crippen LogP contribution in [-0.2, 0) is 11.3 Å². The first-order valence-corrected chi connectivity index (χ1v) is 8.09. The molecule has 0 aliphatic carbocycles. The van der Waals surface area contributed by atoms with E-state index in [2.05, 4.69) is 28.4 Å². The molecule has 2 aromatic heterocycles. The molecular weight excluding hydrogens is 310 g/mol. The number of hydrogen-bond acceptors (Lipinski definition) is 5. The van der Waals surface area contributed by atoms with Crippen LogP contribution < -0.4 is 5.32 Å². The molecule has 5 nitrogen and oxygen atoms in total. The van der Waals surface area contributed by atoms with Gasteiger partial charge in [0.1, 0.15) is 0 Å². The van der Waals surface area contributed by atoms with Gasteiger partial charge in [-0.05, 0) is 37.6 Å². The number of aromatic nitrogens is 2. The molecule has 0 spiro atoms. The van der Waals surface area contributed by atoms with Gasteiger partial charge in [0.15, 0.2) is 0 Å². The van der Waals surface area contributed by atoms with E-state index in [1.54, 1.807) is 11.3 Å². The summed E-state index contributed by atoms with van der Waals surface area (Å²) in [5.74, 6) is 1.05. The van der Waals surface area contributed by atoms with Crippen LogP contribution >= 0.6 is 11.3 Å². The Labute approximate surface area is 138 Å². The minimum absolute atomic E-state index is 0.0448. The Morgan fingerprint density at radius 1 is 1.26 bits per heavy atom. The molecule has 3 aromatic rings. The molecule has 2 heterocycles. The average Bonchev–Trinajstić information content (AvgIpc) is 3.14. The highest BCUT2D eigenvalue weighted by molar-refractivity contribution is 7.15. The second-order valence-corrected chi connectivity index (χ2v) is 6.59. The van der Waals surface area contributed by atoms with Gasteiger partial charge < -0.3 is 9.84 Å². The Kier molecular flexibility index (Phi) is 4.25. The minimum Gasteiger partial charge on any atom is -0.351 e. The standard InChI is InChI=1S/C17H17N3O2S/c1-10-4-6-14(11(2)8-10)17-19-16(20-22-17)15-7-5-13(23-15)9-18-12(3)21/h4-8H,9H2,1-3H3,(H,18,21). The molecule has 0 aliphatic heterocycles. The van der Waals surface area contributed by atoms with Crippen molar-refractivity contribution >= 4 is 17.2 Å². The first kappa shape index (κ1) is 15.4. The van der Waals surface area contributed by atoms with Gasteiger partial charge in [-0.1, -0.05) is 22.9 Å². The zero-order chi connectivity index (χ0) is 16.4. The number of rotatable bonds is 4. The van der Waals surface area contributed by atoms with Crippen LogP contribution in [0.15, 0.2) is 34.9 Å². The number of amides is 1. The van der Waals surface area contributed by atoms with Gasteiger partial charge in [0.2, 0.25) is 11.7 Å². The Hall–Kier alpha value is -2.47. The molecule has 1 N–H and O–H groups in total. The topological polar surface area (TPSA) is 68.0 Å². The molecule has 0 atom stereocenters. The molecule has 23 heavy (non-hydrogen) atoms. The van der Waals surface area contributed by atoms with Gasteiger partial charge in [-0.3, -0.25) is 4.79 Å². The lowest BCUT2D eigenvalue weighted by Gasteiger charge is -2.01. The molecule has 118 valence electrons. The summed E-state index contributed by atoms with van der Waals surface area (Å²) < 4.78 is 5.41. The molecule has 1 aromatic carbocycles. The summed E-state index contributed by atoms with van der Waals surface area (Å²) in [6.45, 7) is 6.10. The van der Waals surface area contributed by atoms with Crippen LogP contribution in [0.3, 0.4) is 0 Å². The number of hydrogen-bond donors (Lipinski definition) is 1. The van der Waals surface area contributed by atoms with Crippen molar-refractivity contribution in [2.45, 2.75) is 27.3 Å². The number of nitrogens with one attached hydrogen (secondary N) is 1. The van der Waals surface area contributed by atoms with Crippen molar-refractivity contribution in [3.63, 3.8) is 0 Å². The van der Waals surface area contributed by atoms with Crippen LogP contribution in [0.2, 0.25) is 0 Å². The van der Waals surface area contributed by atoms with Gasteiger partial charge in [-0.25, -0.2) is 0 Å². The number of carbonyl (C=O) groups is 1. The number of aryl methyl sites for hydroxylation is 2. The molecule has 0 aliphatic rings. The third-order valence-electron chi connectivity index (χ3n) is 3.43. The van der Waals surface area contributed by atoms with Gasteiger partial charge in [-0.15, -0.1) is 11.3 Å². The second-order valence-electron chi connectivity index (χ2n) is 5.42. The predicted molar refractivity (Wildman–Crippen MR) is 90.0 cm³/mol. The van der Waals surface area contributed by atoms with Crippen molar-refractivity contribution in [1.29, 1.82) is 0 Å². The summed E-state index contributed by atoms with van der Waals surface area (Å²) >= 11 is 1.54. The van der Waals surface area contributed by atoms with Crippen molar-refractivity contribution in [3.05, 3.63) is 46.3 Å². The lowest BCUT2D eigenvalue weighted by molar-refractivity contribution is -0.119. The summed E-state index contributed by atoms with van der Waals surface area (Å²) in [6.07, 6.45) is 0. The predicted octanol–water partition coefficient (Wildman–Crippen LogP) is 3.72. The molecular formula is C17H17N3O2S. The van der Waals surface area contributed by atoms with Gasteiger partial charge >= 0.3 is 0 Å². The van der Waals surface area contributed by atoms with E-state index in [4.69, 9.17) is 4.52 Å². The zero-order valence-electron chi connectivity index (χ0n) is 13.2. The molecule has 3 rings (SSSR count). The van der Waals surface area contributed by atoms with E-state index in [-0.39, 0.29) is 5.91 Å². The van der Waals surface area contributed by atoms with Gasteiger partial charge in [0.05, 0.1) is 11.4 Å². The normalized spacial score (nSPS) is 10.7. The Balaban J connectivity index is 1.83. The summed E-state index contributed by atoms with van der Waals surface area (Å²) in [5.41, 5.74) is 3.26. The maximum Gasteiger partial charge on any atom is 0.258 e. The lowest BCUT2D eigenvalue weighted by Crippen LogP contribution is -2.17. The molecule has 0 fully saturated rings. The van der Waals surface area contributed by atoms with E-state index in [0.717, 1.165) is 20.9 Å². The summed E-state index contributed by atoms with van der Waals surface area (Å²) in [6, 6.07) is 10.0. The van der Waals surface area contributed by atoms with Crippen LogP contribution in [0.5, 0.6) is 0 Å². The highest BCUT2D eigenvalue weighted by Gasteiger charge is 2.14. The van der Waals surface area contributed by atoms with E-state index in [1.165, 1.54) is 12.5 Å². The third-order valence-corrected chi connectivity index (χ3v) is 4.51. The third kappa shape index (κ3) is 3.48. The fraction of sp³-hybridized carbons (Fsp3) is 0.235. The van der Waals surface area contributed by atoms with Gasteiger partial charge in [-0.2, -0.15) is 4.98 Å². The number of benzene rings is 1. The van der Waals surface area contributed by atoms with Crippen LogP contribution in [0.25, 0.3) is 22.2 Å². The summed E-state index contributed by atoms with van der Waals surface area (Å²) in [4.78, 5) is 17.4. The smallest absolute Gasteiger partial charge is 0.258 e. The lowest BCUT2D eigenvalue weighted by atomic mass is 10.1. The molecule has 1 amide bonds. The maximum absolute atomic E-state index is 11.0. The van der Waals surface area contributed by atoms with Crippen LogP contribution in [0.4, 0.5) is 0 Å². The maximum atomic E-state index is 11.0. The van der Waals surface area contributed by atoms with Crippen molar-refractivity contribution in [2.24, 2.45) is 0 Å². The number of carbonyl (C=O) groups excluding carboxylic acids is 1. The monoisotopic (exact) mass is 327 g/mol. The molecule has 0 saturated heterocycles. The average molecular weight is 327 g/mol. The molecule has 0 saturated carbocycles. The van der Waals surface area contributed by atoms with E-state index in [1.807, 2.05) is 31.2 Å². The Morgan fingerprint density at radius 2 is 2.09 bits per heavy atom. The quantitative estimate of drug-likeness (QED) is 0.793. The second kappa shape index (κ2) is 6.34. The van der Waals surface area contributed by atoms with Crippen molar-refractivity contribution < 1.29 is 9.32 Å². The van der Waals surface area contributed by atoms with Crippen LogP contribution in [0.1, 0.15) is 22.9 Å². The van der Waals surface area contributed by atoms with Gasteiger partial charge in [0, 0.05) is 17.4 Å². The fourth-order valence-electron chi connectivity index (χ4n) is 2.29. The van der Waals surface area contributed by atoms with E-state index >= 15 is 0 Å². The van der Waals surface area contributed by atoms with E-state index in [9.17, 15) is 4.79 Å². The van der Waals surface area contributed by atoms with E-state index in [0.29, 0.717) is 18.3 Å². The Bertz CT molecular complexity index is 851. The molecule has 6 heteroatoms. The zero-order valence-corrected chi connectivity index (χ0v) is 14.0. The van der Waals surface area contributed by atoms with Gasteiger partial charge in [0.25, 0.3) is 5.89 Å². The van der Waals surface area contributed by atoms with Crippen molar-refractivity contribution in [2.75, 3.05) is 0 Å². The first-order valence-electron chi connectivity index (χ1n) is 7.28. The largest absolute Gasteiger partial charge is 0.351 e. The molecule has 0 unspecified atom stereocenters. The van der Waals surface area contributed by atoms with E-state index < -0.39 is 0 Å². The number of nitrogens with zero attached hydrogens (tertiary/aromatic N) is 2. The first-order chi connectivity index (χ1) is 11.0. The highest BCUT2D eigenvalue weighted by Crippen LogP contribution is 2.29. The minimum atomic E-state index is -0.0448. The van der Waals surface area contributed by atoms with Crippen LogP contribution in [0, 0.1) is 13.8 Å². The SMILES string of the molecule is CC(=O)NCc1ccc(-c2noc(-c3ccc(C)cc3C)n2)s1. The fourth-order valence-corrected chi connectivity index (χ4v) is 3.16. The van der Waals surface area contributed by atoms with Crippen LogP contribution in [-0.4, -0.2) is 16.0 Å². The Morgan fingerprint density at radius 3 is 2.83 bits per heavy atom. The van der Waals surface area contributed by atoms with Crippen molar-refractivity contribution in [3.8, 4) is 22.2 Å². The summed E-state index contributed by atoms with van der Waals surface area (Å²) in [5, 5.41) is 6.85.